The second kappa shape index (κ2) is 9.28. The Labute approximate surface area is 129 Å². The molecule has 118 valence electrons. The number of nitrogens with zero attached hydrogens (tertiary/aromatic N) is 3. The van der Waals surface area contributed by atoms with E-state index in [2.05, 4.69) is 15.3 Å². The van der Waals surface area contributed by atoms with E-state index in [1.54, 1.807) is 19.2 Å². The standard InChI is InChI=1S/C15H19N3O4/c1-5-16-22-10-12-8-6-7-9-13(12)14(18-21-4)15(20-3)17-11(2)19/h5-9H,10H2,1-4H3/b16-5-,17-15?,18-14+. The molecule has 1 aromatic carbocycles. The average Bonchev–Trinajstić information content (AvgIpc) is 2.51. The minimum atomic E-state index is -0.398. The van der Waals surface area contributed by atoms with E-state index in [-0.39, 0.29) is 12.5 Å². The predicted molar refractivity (Wildman–Crippen MR) is 84.1 cm³/mol. The predicted octanol–water partition coefficient (Wildman–Crippen LogP) is 2.15. The van der Waals surface area contributed by atoms with Crippen molar-refractivity contribution < 1.29 is 19.2 Å². The van der Waals surface area contributed by atoms with Gasteiger partial charge in [0.2, 0.25) is 11.8 Å². The van der Waals surface area contributed by atoms with Crippen LogP contribution in [-0.4, -0.2) is 38.0 Å². The van der Waals surface area contributed by atoms with Crippen LogP contribution in [0.15, 0.2) is 39.6 Å². The van der Waals surface area contributed by atoms with E-state index in [4.69, 9.17) is 14.4 Å². The highest BCUT2D eigenvalue weighted by atomic mass is 16.6. The van der Waals surface area contributed by atoms with Crippen LogP contribution in [0.5, 0.6) is 0 Å². The van der Waals surface area contributed by atoms with E-state index in [0.29, 0.717) is 11.3 Å². The van der Waals surface area contributed by atoms with Gasteiger partial charge in [0.1, 0.15) is 13.7 Å². The molecule has 22 heavy (non-hydrogen) atoms. The van der Waals surface area contributed by atoms with Gasteiger partial charge in [-0.1, -0.05) is 34.6 Å². The first kappa shape index (κ1) is 17.4. The zero-order valence-corrected chi connectivity index (χ0v) is 13.1. The lowest BCUT2D eigenvalue weighted by molar-refractivity contribution is -0.115. The molecule has 1 amide bonds. The lowest BCUT2D eigenvalue weighted by Crippen LogP contribution is -2.21. The van der Waals surface area contributed by atoms with Crippen LogP contribution in [0, 0.1) is 0 Å². The van der Waals surface area contributed by atoms with E-state index >= 15 is 0 Å². The molecule has 0 unspecified atom stereocenters. The quantitative estimate of drug-likeness (QED) is 0.458. The molecule has 0 aromatic heterocycles. The summed E-state index contributed by atoms with van der Waals surface area (Å²) in [7, 11) is 2.81. The SMILES string of the molecule is C/C=N\OCc1ccccc1/C(=N\OC)C(=NC(C)=O)OC. The van der Waals surface area contributed by atoms with E-state index in [1.165, 1.54) is 21.1 Å². The second-order valence-electron chi connectivity index (χ2n) is 4.06. The molecule has 0 saturated heterocycles. The summed E-state index contributed by atoms with van der Waals surface area (Å²) < 4.78 is 5.16. The maximum Gasteiger partial charge on any atom is 0.246 e. The summed E-state index contributed by atoms with van der Waals surface area (Å²) in [5.74, 6) is -0.328. The summed E-state index contributed by atoms with van der Waals surface area (Å²) in [5, 5.41) is 7.64. The van der Waals surface area contributed by atoms with Gasteiger partial charge in [0.05, 0.1) is 7.11 Å². The minimum absolute atomic E-state index is 0.0702. The molecule has 0 radical (unpaired) electrons. The minimum Gasteiger partial charge on any atom is -0.479 e. The van der Waals surface area contributed by atoms with Gasteiger partial charge < -0.3 is 14.4 Å². The molecular formula is C15H19N3O4. The maximum atomic E-state index is 11.2. The van der Waals surface area contributed by atoms with Crippen LogP contribution in [0.2, 0.25) is 0 Å². The fraction of sp³-hybridized carbons (Fsp3) is 0.333. The van der Waals surface area contributed by atoms with Crippen LogP contribution >= 0.6 is 0 Å². The smallest absolute Gasteiger partial charge is 0.246 e. The van der Waals surface area contributed by atoms with Crippen LogP contribution in [0.3, 0.4) is 0 Å². The largest absolute Gasteiger partial charge is 0.479 e. The Hall–Kier alpha value is -2.70. The normalized spacial score (nSPS) is 12.4. The van der Waals surface area contributed by atoms with E-state index in [1.807, 2.05) is 18.2 Å². The molecule has 1 aromatic rings. The zero-order valence-electron chi connectivity index (χ0n) is 13.1. The molecular weight excluding hydrogens is 286 g/mol. The van der Waals surface area contributed by atoms with Gasteiger partial charge in [-0.3, -0.25) is 4.79 Å². The Morgan fingerprint density at radius 3 is 2.59 bits per heavy atom. The Morgan fingerprint density at radius 2 is 2.00 bits per heavy atom. The van der Waals surface area contributed by atoms with Gasteiger partial charge in [-0.25, -0.2) is 0 Å². The second-order valence-corrected chi connectivity index (χ2v) is 4.06. The molecule has 0 aliphatic rings. The number of hydrogen-bond acceptors (Lipinski definition) is 6. The number of amides is 1. The van der Waals surface area contributed by atoms with Gasteiger partial charge >= 0.3 is 0 Å². The van der Waals surface area contributed by atoms with Crippen molar-refractivity contribution in [2.24, 2.45) is 15.3 Å². The lowest BCUT2D eigenvalue weighted by atomic mass is 10.0. The molecule has 0 spiro atoms. The number of benzene rings is 1. The molecule has 0 aliphatic carbocycles. The fourth-order valence-electron chi connectivity index (χ4n) is 1.69. The van der Waals surface area contributed by atoms with Gasteiger partial charge in [0.15, 0.2) is 5.71 Å². The molecule has 0 saturated carbocycles. The molecule has 0 bridgehead atoms. The summed E-state index contributed by atoms with van der Waals surface area (Å²) in [4.78, 5) is 25.1. The third-order valence-corrected chi connectivity index (χ3v) is 2.51. The lowest BCUT2D eigenvalue weighted by Gasteiger charge is -2.11. The highest BCUT2D eigenvalue weighted by Crippen LogP contribution is 2.14. The number of ether oxygens (including phenoxy) is 1. The molecule has 7 nitrogen and oxygen atoms in total. The highest BCUT2D eigenvalue weighted by Gasteiger charge is 2.18. The Kier molecular flexibility index (Phi) is 7.32. The van der Waals surface area contributed by atoms with Crippen molar-refractivity contribution in [1.29, 1.82) is 0 Å². The fourth-order valence-corrected chi connectivity index (χ4v) is 1.69. The number of oxime groups is 2. The summed E-state index contributed by atoms with van der Waals surface area (Å²) in [6.45, 7) is 3.32. The van der Waals surface area contributed by atoms with Crippen LogP contribution in [-0.2, 0) is 25.8 Å². The van der Waals surface area contributed by atoms with Gasteiger partial charge in [-0.05, 0) is 6.92 Å². The summed E-state index contributed by atoms with van der Waals surface area (Å²) in [6, 6.07) is 7.35. The number of methoxy groups -OCH3 is 1. The van der Waals surface area contributed by atoms with Crippen molar-refractivity contribution in [2.45, 2.75) is 20.5 Å². The van der Waals surface area contributed by atoms with E-state index in [0.717, 1.165) is 5.56 Å². The van der Waals surface area contributed by atoms with E-state index < -0.39 is 5.91 Å². The highest BCUT2D eigenvalue weighted by molar-refractivity contribution is 6.46. The van der Waals surface area contributed by atoms with Crippen LogP contribution in [0.4, 0.5) is 0 Å². The number of carbonyl (C=O) groups excluding carboxylic acids is 1. The van der Waals surface area contributed by atoms with Crippen LogP contribution in [0.25, 0.3) is 0 Å². The molecule has 1 rings (SSSR count). The van der Waals surface area contributed by atoms with Gasteiger partial charge in [0, 0.05) is 24.3 Å². The topological polar surface area (TPSA) is 81.8 Å². The third kappa shape index (κ3) is 5.01. The number of aliphatic imine (C=N–C) groups is 1. The molecule has 0 N–H and O–H groups in total. The van der Waals surface area contributed by atoms with E-state index in [9.17, 15) is 4.79 Å². The Morgan fingerprint density at radius 1 is 1.27 bits per heavy atom. The number of rotatable bonds is 6. The summed E-state index contributed by atoms with van der Waals surface area (Å²) >= 11 is 0. The van der Waals surface area contributed by atoms with Gasteiger partial charge in [0.25, 0.3) is 0 Å². The van der Waals surface area contributed by atoms with Crippen LogP contribution in [0.1, 0.15) is 25.0 Å². The van der Waals surface area contributed by atoms with Crippen molar-refractivity contribution in [2.75, 3.05) is 14.2 Å². The molecule has 0 atom stereocenters. The number of carbonyl (C=O) groups is 1. The van der Waals surface area contributed by atoms with Crippen LogP contribution < -0.4 is 0 Å². The van der Waals surface area contributed by atoms with Gasteiger partial charge in [-0.15, -0.1) is 0 Å². The third-order valence-electron chi connectivity index (χ3n) is 2.51. The summed E-state index contributed by atoms with van der Waals surface area (Å²) in [6.07, 6.45) is 1.55. The first-order valence-corrected chi connectivity index (χ1v) is 6.57. The molecule has 0 heterocycles. The molecule has 0 aliphatic heterocycles. The molecule has 7 heteroatoms. The first-order valence-electron chi connectivity index (χ1n) is 6.57. The maximum absolute atomic E-state index is 11.2. The first-order chi connectivity index (χ1) is 10.6. The van der Waals surface area contributed by atoms with Crippen molar-refractivity contribution in [3.05, 3.63) is 35.4 Å². The van der Waals surface area contributed by atoms with Crippen molar-refractivity contribution >= 4 is 23.7 Å². The summed E-state index contributed by atoms with van der Waals surface area (Å²) in [5.41, 5.74) is 1.79. The average molecular weight is 305 g/mol. The van der Waals surface area contributed by atoms with Crippen molar-refractivity contribution in [3.8, 4) is 0 Å². The Balaban J connectivity index is 3.27. The monoisotopic (exact) mass is 305 g/mol. The molecule has 0 fully saturated rings. The van der Waals surface area contributed by atoms with Crippen molar-refractivity contribution in [3.63, 3.8) is 0 Å². The Bertz CT molecular complexity index is 594. The zero-order chi connectivity index (χ0) is 16.4. The number of hydrogen-bond donors (Lipinski definition) is 0. The van der Waals surface area contributed by atoms with Gasteiger partial charge in [-0.2, -0.15) is 4.99 Å². The van der Waals surface area contributed by atoms with Crippen molar-refractivity contribution in [1.82, 2.24) is 0 Å².